The molecule has 8 rings (SSSR count). The Labute approximate surface area is 288 Å². The summed E-state index contributed by atoms with van der Waals surface area (Å²) in [6.07, 6.45) is -14.1. The summed E-state index contributed by atoms with van der Waals surface area (Å²) < 4.78 is 130. The number of para-hydroxylation sites is 2. The summed E-state index contributed by atoms with van der Waals surface area (Å²) >= 11 is 0. The molecule has 0 amide bonds. The van der Waals surface area contributed by atoms with Gasteiger partial charge in [-0.1, -0.05) is 54.6 Å². The van der Waals surface area contributed by atoms with Gasteiger partial charge in [-0.2, -0.15) is 44.8 Å². The summed E-state index contributed by atoms with van der Waals surface area (Å²) in [6, 6.07) is 29.0. The van der Waals surface area contributed by atoms with E-state index in [2.05, 4.69) is 6.07 Å². The molecule has 0 spiro atoms. The van der Waals surface area contributed by atoms with Gasteiger partial charge in [0, 0.05) is 21.5 Å². The van der Waals surface area contributed by atoms with Crippen molar-refractivity contribution in [3.63, 3.8) is 0 Å². The quantitative estimate of drug-likeness (QED) is 0.168. The molecule has 0 saturated carbocycles. The lowest BCUT2D eigenvalue weighted by molar-refractivity contribution is -0.138. The van der Waals surface area contributed by atoms with Crippen LogP contribution < -0.4 is 0 Å². The highest BCUT2D eigenvalue weighted by molar-refractivity contribution is 6.11. The molecule has 2 heterocycles. The molecule has 0 bridgehead atoms. The van der Waals surface area contributed by atoms with Gasteiger partial charge in [0.05, 0.1) is 50.1 Å². The number of aromatic nitrogens is 2. The van der Waals surface area contributed by atoms with Crippen LogP contribution in [0.2, 0.25) is 0 Å². The maximum atomic E-state index is 14.5. The van der Waals surface area contributed by atoms with E-state index in [1.165, 1.54) is 51.6 Å². The van der Waals surface area contributed by atoms with Gasteiger partial charge >= 0.3 is 18.5 Å². The van der Waals surface area contributed by atoms with Gasteiger partial charge in [0.1, 0.15) is 11.6 Å². The van der Waals surface area contributed by atoms with E-state index >= 15 is 0 Å². The summed E-state index contributed by atoms with van der Waals surface area (Å²) in [6.45, 7) is 0. The molecular weight excluding hydrogens is 693 g/mol. The molecule has 8 aromatic rings. The number of rotatable bonds is 3. The molecule has 6 aromatic carbocycles. The van der Waals surface area contributed by atoms with Crippen LogP contribution in [0.25, 0.3) is 66.1 Å². The SMILES string of the molecule is N#Cc1c(-n2c3ccccc3c3cc(C(F)(F)F)ccc32)cc(-c2ccccc2C(F)(F)F)cc1-n1c2ccccc2c2cc(C(F)(F)F)ccc21. The van der Waals surface area contributed by atoms with Crippen LogP contribution in [0.4, 0.5) is 39.5 Å². The number of alkyl halides is 9. The predicted octanol–water partition coefficient (Wildman–Crippen LogP) is 12.5. The number of nitriles is 1. The van der Waals surface area contributed by atoms with E-state index in [-0.39, 0.29) is 49.9 Å². The second kappa shape index (κ2) is 11.4. The van der Waals surface area contributed by atoms with E-state index in [1.807, 2.05) is 0 Å². The van der Waals surface area contributed by atoms with Gasteiger partial charge in [-0.15, -0.1) is 0 Å². The van der Waals surface area contributed by atoms with Crippen molar-refractivity contribution in [2.45, 2.75) is 18.5 Å². The van der Waals surface area contributed by atoms with Gasteiger partial charge in [0.25, 0.3) is 0 Å². The first-order valence-electron chi connectivity index (χ1n) is 15.6. The van der Waals surface area contributed by atoms with Crippen molar-refractivity contribution >= 4 is 43.6 Å². The molecular formula is C40H20F9N3. The average molecular weight is 714 g/mol. The highest BCUT2D eigenvalue weighted by Gasteiger charge is 2.35. The lowest BCUT2D eigenvalue weighted by Gasteiger charge is -2.20. The Hall–Kier alpha value is -6.22. The van der Waals surface area contributed by atoms with Gasteiger partial charge in [0.2, 0.25) is 0 Å². The van der Waals surface area contributed by atoms with Crippen molar-refractivity contribution in [3.8, 4) is 28.6 Å². The van der Waals surface area contributed by atoms with Gasteiger partial charge in [0.15, 0.2) is 0 Å². The molecule has 0 N–H and O–H groups in total. The Balaban J connectivity index is 1.55. The summed E-state index contributed by atoms with van der Waals surface area (Å²) in [5.74, 6) is 0. The van der Waals surface area contributed by atoms with Crippen LogP contribution >= 0.6 is 0 Å². The second-order valence-electron chi connectivity index (χ2n) is 12.2. The van der Waals surface area contributed by atoms with Crippen molar-refractivity contribution in [1.29, 1.82) is 5.26 Å². The number of halogens is 9. The summed E-state index contributed by atoms with van der Waals surface area (Å²) in [5, 5.41) is 12.0. The molecule has 0 aliphatic carbocycles. The van der Waals surface area contributed by atoms with Crippen molar-refractivity contribution in [3.05, 3.63) is 144 Å². The fourth-order valence-corrected chi connectivity index (χ4v) is 7.03. The molecule has 2 aromatic heterocycles. The minimum absolute atomic E-state index is 0.00705. The highest BCUT2D eigenvalue weighted by Crippen LogP contribution is 2.44. The maximum Gasteiger partial charge on any atom is 0.417 e. The van der Waals surface area contributed by atoms with E-state index in [0.29, 0.717) is 21.8 Å². The topological polar surface area (TPSA) is 33.6 Å². The van der Waals surface area contributed by atoms with Gasteiger partial charge in [-0.25, -0.2) is 0 Å². The Bertz CT molecular complexity index is 2620. The number of benzene rings is 6. The van der Waals surface area contributed by atoms with Gasteiger partial charge < -0.3 is 9.13 Å². The Morgan fingerprint density at radius 1 is 0.442 bits per heavy atom. The lowest BCUT2D eigenvalue weighted by Crippen LogP contribution is -2.09. The largest absolute Gasteiger partial charge is 0.417 e. The number of hydrogen-bond donors (Lipinski definition) is 0. The Kier molecular flexibility index (Phi) is 7.22. The number of nitrogens with zero attached hydrogens (tertiary/aromatic N) is 3. The predicted molar refractivity (Wildman–Crippen MR) is 180 cm³/mol. The van der Waals surface area contributed by atoms with Crippen LogP contribution in [0.15, 0.2) is 121 Å². The van der Waals surface area contributed by atoms with Crippen molar-refractivity contribution in [2.75, 3.05) is 0 Å². The smallest absolute Gasteiger partial charge is 0.308 e. The fourth-order valence-electron chi connectivity index (χ4n) is 7.03. The second-order valence-corrected chi connectivity index (χ2v) is 12.2. The van der Waals surface area contributed by atoms with E-state index < -0.39 is 35.2 Å². The molecule has 12 heteroatoms. The number of hydrogen-bond acceptors (Lipinski definition) is 1. The third kappa shape index (κ3) is 5.15. The zero-order chi connectivity index (χ0) is 36.7. The first kappa shape index (κ1) is 33.0. The molecule has 0 unspecified atom stereocenters. The van der Waals surface area contributed by atoms with Gasteiger partial charge in [-0.3, -0.25) is 0 Å². The van der Waals surface area contributed by atoms with Crippen molar-refractivity contribution in [1.82, 2.24) is 9.13 Å². The number of fused-ring (bicyclic) bond motifs is 6. The molecule has 0 aliphatic heterocycles. The van der Waals surface area contributed by atoms with Crippen LogP contribution in [0, 0.1) is 11.3 Å². The molecule has 52 heavy (non-hydrogen) atoms. The van der Waals surface area contributed by atoms with E-state index in [0.717, 1.165) is 30.3 Å². The minimum Gasteiger partial charge on any atom is -0.308 e. The van der Waals surface area contributed by atoms with Crippen molar-refractivity contribution in [2.24, 2.45) is 0 Å². The van der Waals surface area contributed by atoms with Gasteiger partial charge in [-0.05, 0) is 77.9 Å². The first-order valence-corrected chi connectivity index (χ1v) is 15.6. The molecule has 0 fully saturated rings. The van der Waals surface area contributed by atoms with Crippen LogP contribution in [0.1, 0.15) is 22.3 Å². The summed E-state index contributed by atoms with van der Waals surface area (Å²) in [5.41, 5.74) is -1.80. The van der Waals surface area contributed by atoms with Crippen LogP contribution in [0.5, 0.6) is 0 Å². The summed E-state index contributed by atoms with van der Waals surface area (Å²) in [4.78, 5) is 0. The van der Waals surface area contributed by atoms with Crippen molar-refractivity contribution < 1.29 is 39.5 Å². The molecule has 0 saturated heterocycles. The molecule has 0 aliphatic rings. The molecule has 3 nitrogen and oxygen atoms in total. The standard InChI is InChI=1S/C40H20F9N3/c41-38(42,43)23-13-15-34-28(19-23)26-8-2-5-11-32(26)51(34)36-17-22(25-7-1-4-10-31(25)40(47,48)49)18-37(30(36)21-50)52-33-12-6-3-9-27(33)29-20-24(39(44,45)46)14-16-35(29)52/h1-20H. The van der Waals surface area contributed by atoms with Crippen LogP contribution in [-0.2, 0) is 18.5 Å². The van der Waals surface area contributed by atoms with E-state index in [1.54, 1.807) is 48.5 Å². The first-order chi connectivity index (χ1) is 24.7. The van der Waals surface area contributed by atoms with Crippen LogP contribution in [-0.4, -0.2) is 9.13 Å². The zero-order valence-corrected chi connectivity index (χ0v) is 26.3. The zero-order valence-electron chi connectivity index (χ0n) is 26.3. The Morgan fingerprint density at radius 2 is 0.865 bits per heavy atom. The highest BCUT2D eigenvalue weighted by atomic mass is 19.4. The summed E-state index contributed by atoms with van der Waals surface area (Å²) in [7, 11) is 0. The molecule has 0 atom stereocenters. The third-order valence-corrected chi connectivity index (χ3v) is 9.23. The Morgan fingerprint density at radius 3 is 1.31 bits per heavy atom. The normalized spacial score (nSPS) is 12.7. The molecule has 0 radical (unpaired) electrons. The lowest BCUT2D eigenvalue weighted by atomic mass is 9.96. The monoisotopic (exact) mass is 713 g/mol. The van der Waals surface area contributed by atoms with E-state index in [9.17, 15) is 44.8 Å². The average Bonchev–Trinajstić information content (AvgIpc) is 3.62. The fraction of sp³-hybridized carbons (Fsp3) is 0.0750. The third-order valence-electron chi connectivity index (χ3n) is 9.23. The van der Waals surface area contributed by atoms with Crippen LogP contribution in [0.3, 0.4) is 0 Å². The van der Waals surface area contributed by atoms with E-state index in [4.69, 9.17) is 0 Å². The molecule has 258 valence electrons. The maximum absolute atomic E-state index is 14.5. The minimum atomic E-state index is -4.80.